The molecular weight excluding hydrogens is 569 g/mol. The summed E-state index contributed by atoms with van der Waals surface area (Å²) in [5.41, 5.74) is 1.89. The number of hydrogen-bond donors (Lipinski definition) is 1. The number of carbonyl (C=O) groups excluding carboxylic acids is 2. The molecule has 0 aliphatic carbocycles. The van der Waals surface area contributed by atoms with Crippen LogP contribution >= 0.6 is 23.2 Å². The van der Waals surface area contributed by atoms with Crippen LogP contribution in [0.25, 0.3) is 0 Å². The SMILES string of the molecule is Cc1ccc(S(=O)(=O)N(CC(=O)N(Cc2ccc(Cl)cc2)[C@@H](C)C(=O)NC(C)(C)C)c2cccc(Cl)c2C)cc1. The third kappa shape index (κ3) is 7.77. The number of rotatable bonds is 9. The molecule has 0 radical (unpaired) electrons. The molecule has 0 aliphatic heterocycles. The largest absolute Gasteiger partial charge is 0.350 e. The highest BCUT2D eigenvalue weighted by Gasteiger charge is 2.34. The first-order valence-electron chi connectivity index (χ1n) is 12.8. The van der Waals surface area contributed by atoms with Crippen LogP contribution in [0.1, 0.15) is 44.4 Å². The molecule has 0 spiro atoms. The van der Waals surface area contributed by atoms with E-state index < -0.39 is 34.1 Å². The average Bonchev–Trinajstić information content (AvgIpc) is 2.87. The predicted octanol–water partition coefficient (Wildman–Crippen LogP) is 6.14. The Morgan fingerprint density at radius 1 is 0.925 bits per heavy atom. The zero-order valence-electron chi connectivity index (χ0n) is 23.5. The van der Waals surface area contributed by atoms with E-state index in [0.29, 0.717) is 15.6 Å². The van der Waals surface area contributed by atoms with Gasteiger partial charge in [0.1, 0.15) is 12.6 Å². The molecule has 1 N–H and O–H groups in total. The summed E-state index contributed by atoms with van der Waals surface area (Å²) in [7, 11) is -4.18. The lowest BCUT2D eigenvalue weighted by Gasteiger charge is -2.34. The molecule has 3 aromatic rings. The molecule has 0 aromatic heterocycles. The van der Waals surface area contributed by atoms with Crippen LogP contribution < -0.4 is 9.62 Å². The highest BCUT2D eigenvalue weighted by atomic mass is 35.5. The van der Waals surface area contributed by atoms with Gasteiger partial charge >= 0.3 is 0 Å². The summed E-state index contributed by atoms with van der Waals surface area (Å²) in [4.78, 5) is 28.6. The minimum absolute atomic E-state index is 0.0352. The molecule has 7 nitrogen and oxygen atoms in total. The second-order valence-electron chi connectivity index (χ2n) is 10.8. The molecule has 3 aromatic carbocycles. The van der Waals surface area contributed by atoms with Gasteiger partial charge in [0.15, 0.2) is 0 Å². The molecular formula is C30H35Cl2N3O4S. The zero-order valence-corrected chi connectivity index (χ0v) is 25.9. The van der Waals surface area contributed by atoms with Gasteiger partial charge in [-0.1, -0.05) is 59.1 Å². The number of sulfonamides is 1. The number of hydrogen-bond acceptors (Lipinski definition) is 4. The first-order chi connectivity index (χ1) is 18.6. The summed E-state index contributed by atoms with van der Waals surface area (Å²) in [6.45, 7) is 10.3. The van der Waals surface area contributed by atoms with Crippen molar-refractivity contribution in [3.05, 3.63) is 93.5 Å². The van der Waals surface area contributed by atoms with E-state index in [0.717, 1.165) is 15.4 Å². The van der Waals surface area contributed by atoms with Crippen molar-refractivity contribution >= 4 is 50.7 Å². The molecule has 214 valence electrons. The van der Waals surface area contributed by atoms with E-state index in [-0.39, 0.29) is 23.0 Å². The van der Waals surface area contributed by atoms with E-state index in [9.17, 15) is 18.0 Å². The summed E-state index contributed by atoms with van der Waals surface area (Å²) in [6.07, 6.45) is 0. The average molecular weight is 605 g/mol. The van der Waals surface area contributed by atoms with Crippen molar-refractivity contribution < 1.29 is 18.0 Å². The van der Waals surface area contributed by atoms with Crippen LogP contribution in [0.15, 0.2) is 71.6 Å². The lowest BCUT2D eigenvalue weighted by molar-refractivity contribution is -0.140. The zero-order chi connectivity index (χ0) is 29.8. The monoisotopic (exact) mass is 603 g/mol. The summed E-state index contributed by atoms with van der Waals surface area (Å²) >= 11 is 12.4. The Kier molecular flexibility index (Phi) is 9.93. The maximum atomic E-state index is 14.0. The van der Waals surface area contributed by atoms with E-state index in [1.807, 2.05) is 27.7 Å². The maximum Gasteiger partial charge on any atom is 0.264 e. The summed E-state index contributed by atoms with van der Waals surface area (Å²) in [6, 6.07) is 17.3. The van der Waals surface area contributed by atoms with Gasteiger partial charge < -0.3 is 10.2 Å². The van der Waals surface area contributed by atoms with E-state index in [1.165, 1.54) is 17.0 Å². The van der Waals surface area contributed by atoms with Gasteiger partial charge in [-0.25, -0.2) is 8.42 Å². The van der Waals surface area contributed by atoms with Gasteiger partial charge in [-0.05, 0) is 89.1 Å². The van der Waals surface area contributed by atoms with Crippen molar-refractivity contribution in [3.63, 3.8) is 0 Å². The van der Waals surface area contributed by atoms with Gasteiger partial charge in [0.2, 0.25) is 11.8 Å². The highest BCUT2D eigenvalue weighted by molar-refractivity contribution is 7.92. The number of carbonyl (C=O) groups is 2. The number of nitrogens with zero attached hydrogens (tertiary/aromatic N) is 2. The Balaban J connectivity index is 2.08. The highest BCUT2D eigenvalue weighted by Crippen LogP contribution is 2.31. The predicted molar refractivity (Wildman–Crippen MR) is 161 cm³/mol. The number of amides is 2. The summed E-state index contributed by atoms with van der Waals surface area (Å²) in [5.74, 6) is -0.914. The molecule has 40 heavy (non-hydrogen) atoms. The molecule has 0 bridgehead atoms. The van der Waals surface area contributed by atoms with Crippen LogP contribution in [0.5, 0.6) is 0 Å². The first kappa shape index (κ1) is 31.5. The van der Waals surface area contributed by atoms with Gasteiger partial charge in [0, 0.05) is 22.1 Å². The Morgan fingerprint density at radius 3 is 2.10 bits per heavy atom. The summed E-state index contributed by atoms with van der Waals surface area (Å²) < 4.78 is 29.0. The Labute approximate surface area is 247 Å². The van der Waals surface area contributed by atoms with E-state index >= 15 is 0 Å². The smallest absolute Gasteiger partial charge is 0.264 e. The molecule has 0 fully saturated rings. The molecule has 0 saturated heterocycles. The molecule has 0 heterocycles. The fraction of sp³-hybridized carbons (Fsp3) is 0.333. The van der Waals surface area contributed by atoms with Gasteiger partial charge in [-0.2, -0.15) is 0 Å². The van der Waals surface area contributed by atoms with Gasteiger partial charge in [0.25, 0.3) is 10.0 Å². The molecule has 0 aliphatic rings. The second kappa shape index (κ2) is 12.6. The third-order valence-corrected chi connectivity index (χ3v) is 8.76. The van der Waals surface area contributed by atoms with E-state index in [1.54, 1.807) is 68.4 Å². The van der Waals surface area contributed by atoms with Crippen molar-refractivity contribution in [1.82, 2.24) is 10.2 Å². The number of halogens is 2. The van der Waals surface area contributed by atoms with Crippen molar-refractivity contribution in [2.45, 2.75) is 64.6 Å². The van der Waals surface area contributed by atoms with Gasteiger partial charge in [-0.3, -0.25) is 13.9 Å². The Bertz CT molecular complexity index is 1470. The maximum absolute atomic E-state index is 14.0. The van der Waals surface area contributed by atoms with Crippen LogP contribution in [-0.4, -0.2) is 43.3 Å². The van der Waals surface area contributed by atoms with Crippen molar-refractivity contribution in [1.29, 1.82) is 0 Å². The van der Waals surface area contributed by atoms with Crippen LogP contribution in [0.4, 0.5) is 5.69 Å². The third-order valence-electron chi connectivity index (χ3n) is 6.33. The van der Waals surface area contributed by atoms with Crippen LogP contribution in [0.2, 0.25) is 10.0 Å². The minimum atomic E-state index is -4.18. The van der Waals surface area contributed by atoms with E-state index in [2.05, 4.69) is 5.32 Å². The Morgan fingerprint density at radius 2 is 1.52 bits per heavy atom. The fourth-order valence-corrected chi connectivity index (χ4v) is 5.83. The normalized spacial score (nSPS) is 12.5. The Hall–Kier alpha value is -3.07. The number of anilines is 1. The minimum Gasteiger partial charge on any atom is -0.350 e. The quantitative estimate of drug-likeness (QED) is 0.318. The van der Waals surface area contributed by atoms with Gasteiger partial charge in [0.05, 0.1) is 10.6 Å². The van der Waals surface area contributed by atoms with Gasteiger partial charge in [-0.15, -0.1) is 0 Å². The molecule has 1 atom stereocenters. The fourth-order valence-electron chi connectivity index (χ4n) is 4.06. The molecule has 0 unspecified atom stereocenters. The first-order valence-corrected chi connectivity index (χ1v) is 15.0. The van der Waals surface area contributed by atoms with E-state index in [4.69, 9.17) is 23.2 Å². The lowest BCUT2D eigenvalue weighted by Crippen LogP contribution is -2.54. The number of nitrogens with one attached hydrogen (secondary N) is 1. The second-order valence-corrected chi connectivity index (χ2v) is 13.5. The summed E-state index contributed by atoms with van der Waals surface area (Å²) in [5, 5.41) is 3.81. The standard InChI is InChI=1S/C30H35Cl2N3O4S/c1-20-10-16-25(17-11-20)40(38,39)35(27-9-7-8-26(32)21(27)2)19-28(36)34(18-23-12-14-24(31)15-13-23)22(3)29(37)33-30(4,5)6/h7-17,22H,18-19H2,1-6H3,(H,33,37)/t22-/m0/s1. The number of benzene rings is 3. The van der Waals surface area contributed by atoms with Crippen LogP contribution in [0.3, 0.4) is 0 Å². The van der Waals surface area contributed by atoms with Crippen molar-refractivity contribution in [2.24, 2.45) is 0 Å². The molecule has 2 amide bonds. The number of aryl methyl sites for hydroxylation is 1. The lowest BCUT2D eigenvalue weighted by atomic mass is 10.1. The van der Waals surface area contributed by atoms with Crippen LogP contribution in [0, 0.1) is 13.8 Å². The molecule has 3 rings (SSSR count). The van der Waals surface area contributed by atoms with Crippen molar-refractivity contribution in [3.8, 4) is 0 Å². The molecule has 10 heteroatoms. The topological polar surface area (TPSA) is 86.8 Å². The molecule has 0 saturated carbocycles. The van der Waals surface area contributed by atoms with Crippen molar-refractivity contribution in [2.75, 3.05) is 10.8 Å². The van der Waals surface area contributed by atoms with Crippen LogP contribution in [-0.2, 0) is 26.2 Å².